The summed E-state index contributed by atoms with van der Waals surface area (Å²) < 4.78 is 11.5. The largest absolute Gasteiger partial charge is 0.496 e. The van der Waals surface area contributed by atoms with Crippen LogP contribution in [0.3, 0.4) is 0 Å². The number of rotatable bonds is 7. The fourth-order valence-electron chi connectivity index (χ4n) is 3.86. The summed E-state index contributed by atoms with van der Waals surface area (Å²) in [5.41, 5.74) is 3.67. The number of ether oxygens (including phenoxy) is 2. The zero-order valence-electron chi connectivity index (χ0n) is 18.2. The van der Waals surface area contributed by atoms with E-state index in [0.29, 0.717) is 5.92 Å². The second-order valence-electron chi connectivity index (χ2n) is 7.54. The number of benzene rings is 2. The molecule has 0 bridgehead atoms. The Morgan fingerprint density at radius 3 is 2.70 bits per heavy atom. The smallest absolute Gasteiger partial charge is 0.190 e. The number of aryl methyl sites for hydroxylation is 1. The van der Waals surface area contributed by atoms with E-state index in [1.807, 2.05) is 7.05 Å². The molecule has 1 aliphatic heterocycles. The van der Waals surface area contributed by atoms with Gasteiger partial charge in [0.2, 0.25) is 0 Å². The van der Waals surface area contributed by atoms with Gasteiger partial charge in [-0.3, -0.25) is 4.99 Å². The Balaban J connectivity index is 0.00000320. The summed E-state index contributed by atoms with van der Waals surface area (Å²) in [6.45, 7) is 4.56. The molecule has 1 aliphatic rings. The lowest BCUT2D eigenvalue weighted by molar-refractivity contribution is -0.0265. The van der Waals surface area contributed by atoms with E-state index < -0.39 is 0 Å². The van der Waals surface area contributed by atoms with Gasteiger partial charge in [-0.15, -0.1) is 24.0 Å². The minimum Gasteiger partial charge on any atom is -0.496 e. The molecule has 1 saturated heterocycles. The molecule has 2 aromatic rings. The van der Waals surface area contributed by atoms with Crippen LogP contribution in [0.1, 0.15) is 35.6 Å². The van der Waals surface area contributed by atoms with Crippen molar-refractivity contribution in [1.29, 1.82) is 0 Å². The lowest BCUT2D eigenvalue weighted by atomic mass is 9.89. The van der Waals surface area contributed by atoms with Crippen molar-refractivity contribution in [3.63, 3.8) is 0 Å². The molecule has 2 unspecified atom stereocenters. The third kappa shape index (κ3) is 6.87. The second-order valence-corrected chi connectivity index (χ2v) is 7.54. The molecule has 1 heterocycles. The molecular weight excluding hydrogens is 489 g/mol. The first kappa shape index (κ1) is 24.5. The summed E-state index contributed by atoms with van der Waals surface area (Å²) in [5.74, 6) is 2.21. The van der Waals surface area contributed by atoms with Crippen molar-refractivity contribution in [2.75, 3.05) is 33.9 Å². The molecule has 0 amide bonds. The molecule has 3 rings (SSSR count). The zero-order valence-corrected chi connectivity index (χ0v) is 20.5. The van der Waals surface area contributed by atoms with Crippen LogP contribution < -0.4 is 15.4 Å². The van der Waals surface area contributed by atoms with Gasteiger partial charge in [0.15, 0.2) is 5.96 Å². The molecule has 2 atom stereocenters. The van der Waals surface area contributed by atoms with Crippen LogP contribution in [-0.2, 0) is 11.2 Å². The van der Waals surface area contributed by atoms with E-state index in [2.05, 4.69) is 71.1 Å². The van der Waals surface area contributed by atoms with E-state index >= 15 is 0 Å². The quantitative estimate of drug-likeness (QED) is 0.319. The SMILES string of the molecule is CN=C(NCCc1ccc(C)c(OC)c1)NCC1CCCOC1c1ccccc1.I. The molecule has 2 N–H and O–H groups in total. The summed E-state index contributed by atoms with van der Waals surface area (Å²) in [6.07, 6.45) is 3.33. The van der Waals surface area contributed by atoms with E-state index in [1.165, 1.54) is 11.1 Å². The Labute approximate surface area is 197 Å². The summed E-state index contributed by atoms with van der Waals surface area (Å²) >= 11 is 0. The third-order valence-corrected chi connectivity index (χ3v) is 5.51. The molecule has 0 saturated carbocycles. The number of aliphatic imine (C=N–C) groups is 1. The minimum atomic E-state index is 0. The summed E-state index contributed by atoms with van der Waals surface area (Å²) in [5, 5.41) is 6.91. The Morgan fingerprint density at radius 2 is 1.97 bits per heavy atom. The van der Waals surface area contributed by atoms with Crippen LogP contribution in [0.5, 0.6) is 5.75 Å². The van der Waals surface area contributed by atoms with Crippen LogP contribution in [0.25, 0.3) is 0 Å². The van der Waals surface area contributed by atoms with Crippen molar-refractivity contribution in [2.24, 2.45) is 10.9 Å². The Bertz CT molecular complexity index is 798. The number of hydrogen-bond donors (Lipinski definition) is 2. The molecular formula is C24H34IN3O2. The van der Waals surface area contributed by atoms with Gasteiger partial charge in [-0.25, -0.2) is 0 Å². The molecule has 164 valence electrons. The van der Waals surface area contributed by atoms with Crippen LogP contribution >= 0.6 is 24.0 Å². The minimum absolute atomic E-state index is 0. The van der Waals surface area contributed by atoms with Crippen LogP contribution in [0, 0.1) is 12.8 Å². The highest BCUT2D eigenvalue weighted by atomic mass is 127. The first-order valence-corrected chi connectivity index (χ1v) is 10.5. The molecule has 0 aromatic heterocycles. The van der Waals surface area contributed by atoms with E-state index in [9.17, 15) is 0 Å². The number of hydrogen-bond acceptors (Lipinski definition) is 3. The van der Waals surface area contributed by atoms with Crippen molar-refractivity contribution >= 4 is 29.9 Å². The third-order valence-electron chi connectivity index (χ3n) is 5.51. The van der Waals surface area contributed by atoms with Gasteiger partial charge in [0.25, 0.3) is 0 Å². The molecule has 5 nitrogen and oxygen atoms in total. The normalized spacial score (nSPS) is 19.0. The maximum absolute atomic E-state index is 6.10. The maximum Gasteiger partial charge on any atom is 0.190 e. The predicted molar refractivity (Wildman–Crippen MR) is 134 cm³/mol. The molecule has 0 radical (unpaired) electrons. The van der Waals surface area contributed by atoms with Gasteiger partial charge in [0, 0.05) is 32.7 Å². The highest BCUT2D eigenvalue weighted by Gasteiger charge is 2.27. The fourth-order valence-corrected chi connectivity index (χ4v) is 3.86. The highest BCUT2D eigenvalue weighted by Crippen LogP contribution is 2.33. The van der Waals surface area contributed by atoms with Crippen molar-refractivity contribution in [3.8, 4) is 5.75 Å². The first-order valence-electron chi connectivity index (χ1n) is 10.5. The van der Waals surface area contributed by atoms with Gasteiger partial charge in [0.05, 0.1) is 13.2 Å². The van der Waals surface area contributed by atoms with Crippen molar-refractivity contribution in [2.45, 2.75) is 32.3 Å². The monoisotopic (exact) mass is 523 g/mol. The number of guanidine groups is 1. The van der Waals surface area contributed by atoms with Crippen LogP contribution in [0.2, 0.25) is 0 Å². The molecule has 1 fully saturated rings. The standard InChI is InChI=1S/C24H33N3O2.HI/c1-18-11-12-19(16-22(18)28-3)13-14-26-24(25-2)27-17-21-10-7-15-29-23(21)20-8-5-4-6-9-20;/h4-6,8-9,11-12,16,21,23H,7,10,13-15,17H2,1-3H3,(H2,25,26,27);1H. The average molecular weight is 523 g/mol. The van der Waals surface area contributed by atoms with Gasteiger partial charge in [-0.05, 0) is 48.9 Å². The molecule has 2 aromatic carbocycles. The average Bonchev–Trinajstić information content (AvgIpc) is 2.78. The van der Waals surface area contributed by atoms with Crippen molar-refractivity contribution < 1.29 is 9.47 Å². The lowest BCUT2D eigenvalue weighted by Crippen LogP contribution is -2.42. The molecule has 6 heteroatoms. The van der Waals surface area contributed by atoms with Crippen molar-refractivity contribution in [3.05, 3.63) is 65.2 Å². The van der Waals surface area contributed by atoms with Gasteiger partial charge >= 0.3 is 0 Å². The van der Waals surface area contributed by atoms with Gasteiger partial charge in [0.1, 0.15) is 5.75 Å². The summed E-state index contributed by atoms with van der Waals surface area (Å²) in [7, 11) is 3.53. The fraction of sp³-hybridized carbons (Fsp3) is 0.458. The topological polar surface area (TPSA) is 54.9 Å². The number of nitrogens with one attached hydrogen (secondary N) is 2. The van der Waals surface area contributed by atoms with Crippen LogP contribution in [0.4, 0.5) is 0 Å². The van der Waals surface area contributed by atoms with E-state index in [-0.39, 0.29) is 30.1 Å². The molecule has 0 aliphatic carbocycles. The number of halogens is 1. The highest BCUT2D eigenvalue weighted by molar-refractivity contribution is 14.0. The van der Waals surface area contributed by atoms with E-state index in [1.54, 1.807) is 7.11 Å². The van der Waals surface area contributed by atoms with Crippen LogP contribution in [0.15, 0.2) is 53.5 Å². The Morgan fingerprint density at radius 1 is 1.17 bits per heavy atom. The molecule has 0 spiro atoms. The second kappa shape index (κ2) is 12.8. The summed E-state index contributed by atoms with van der Waals surface area (Å²) in [6, 6.07) is 16.9. The van der Waals surface area contributed by atoms with E-state index in [4.69, 9.17) is 9.47 Å². The number of methoxy groups -OCH3 is 1. The molecule has 30 heavy (non-hydrogen) atoms. The Kier molecular flexibility index (Phi) is 10.4. The van der Waals surface area contributed by atoms with Gasteiger partial charge in [-0.2, -0.15) is 0 Å². The first-order chi connectivity index (χ1) is 14.2. The lowest BCUT2D eigenvalue weighted by Gasteiger charge is -2.32. The predicted octanol–water partition coefficient (Wildman–Crippen LogP) is 4.50. The zero-order chi connectivity index (χ0) is 20.5. The summed E-state index contributed by atoms with van der Waals surface area (Å²) in [4.78, 5) is 4.38. The van der Waals surface area contributed by atoms with Gasteiger partial charge in [-0.1, -0.05) is 42.5 Å². The Hall–Kier alpha value is -1.80. The maximum atomic E-state index is 6.10. The van der Waals surface area contributed by atoms with E-state index in [0.717, 1.165) is 56.2 Å². The number of nitrogens with zero attached hydrogens (tertiary/aromatic N) is 1. The van der Waals surface area contributed by atoms with Crippen LogP contribution in [-0.4, -0.2) is 39.8 Å². The van der Waals surface area contributed by atoms with Gasteiger partial charge < -0.3 is 20.1 Å². The van der Waals surface area contributed by atoms with Crippen molar-refractivity contribution in [1.82, 2.24) is 10.6 Å².